The number of nitrogens with one attached hydrogen (secondary N) is 1. The Labute approximate surface area is 128 Å². The molecule has 110 valence electrons. The van der Waals surface area contributed by atoms with Gasteiger partial charge in [-0.15, -0.1) is 0 Å². The average molecular weight is 341 g/mol. The lowest BCUT2D eigenvalue weighted by Crippen LogP contribution is -2.45. The summed E-state index contributed by atoms with van der Waals surface area (Å²) in [4.78, 5) is 14.3. The first-order valence-corrected chi connectivity index (χ1v) is 7.92. The van der Waals surface area contributed by atoms with Crippen LogP contribution >= 0.6 is 15.9 Å². The van der Waals surface area contributed by atoms with Crippen LogP contribution in [0.15, 0.2) is 22.7 Å². The Morgan fingerprint density at radius 3 is 2.95 bits per heavy atom. The number of nitrogens with zero attached hydrogens (tertiary/aromatic N) is 1. The van der Waals surface area contributed by atoms with Gasteiger partial charge < -0.3 is 15.3 Å². The van der Waals surface area contributed by atoms with E-state index in [9.17, 15) is 9.90 Å². The van der Waals surface area contributed by atoms with Crippen molar-refractivity contribution >= 4 is 21.8 Å². The predicted molar refractivity (Wildman–Crippen MR) is 83.0 cm³/mol. The van der Waals surface area contributed by atoms with Gasteiger partial charge in [0.2, 0.25) is 0 Å². The van der Waals surface area contributed by atoms with E-state index in [0.29, 0.717) is 24.7 Å². The number of halogens is 1. The molecule has 0 aromatic heterocycles. The third-order valence-electron chi connectivity index (χ3n) is 3.71. The number of rotatable bonds is 4. The van der Waals surface area contributed by atoms with Crippen LogP contribution in [0.1, 0.15) is 36.5 Å². The van der Waals surface area contributed by atoms with E-state index in [2.05, 4.69) is 21.2 Å². The molecular formula is C15H21BrN2O2. The molecule has 1 aromatic carbocycles. The van der Waals surface area contributed by atoms with Crippen LogP contribution < -0.4 is 5.32 Å². The number of amides is 1. The highest BCUT2D eigenvalue weighted by atomic mass is 79.9. The van der Waals surface area contributed by atoms with E-state index < -0.39 is 0 Å². The summed E-state index contributed by atoms with van der Waals surface area (Å²) in [5, 5.41) is 13.3. The normalized spacial score (nSPS) is 18.8. The number of aromatic hydroxyl groups is 1. The number of carbonyl (C=O) groups is 1. The molecule has 1 heterocycles. The first kappa shape index (κ1) is 15.3. The molecule has 1 unspecified atom stereocenters. The van der Waals surface area contributed by atoms with Gasteiger partial charge in [-0.3, -0.25) is 4.79 Å². The van der Waals surface area contributed by atoms with Gasteiger partial charge in [-0.1, -0.05) is 22.4 Å². The number of piperidine rings is 1. The van der Waals surface area contributed by atoms with Crippen molar-refractivity contribution in [2.24, 2.45) is 0 Å². The summed E-state index contributed by atoms with van der Waals surface area (Å²) in [5.74, 6) is -0.0769. The van der Waals surface area contributed by atoms with Crippen LogP contribution in [0.5, 0.6) is 5.75 Å². The topological polar surface area (TPSA) is 52.6 Å². The number of hydrogen-bond acceptors (Lipinski definition) is 3. The van der Waals surface area contributed by atoms with Gasteiger partial charge in [0, 0.05) is 23.6 Å². The Morgan fingerprint density at radius 2 is 2.30 bits per heavy atom. The SMILES string of the molecule is CCN(CC1CCCCN1)C(=O)c1cc(Br)ccc1O. The molecule has 1 aromatic rings. The monoisotopic (exact) mass is 340 g/mol. The van der Waals surface area contributed by atoms with Gasteiger partial charge in [-0.2, -0.15) is 0 Å². The summed E-state index contributed by atoms with van der Waals surface area (Å²) in [6.45, 7) is 4.33. The van der Waals surface area contributed by atoms with E-state index in [-0.39, 0.29) is 11.7 Å². The fraction of sp³-hybridized carbons (Fsp3) is 0.533. The Balaban J connectivity index is 2.09. The second kappa shape index (κ2) is 7.09. The molecule has 0 aliphatic carbocycles. The molecule has 1 aliphatic rings. The van der Waals surface area contributed by atoms with Gasteiger partial charge in [0.25, 0.3) is 5.91 Å². The van der Waals surface area contributed by atoms with Gasteiger partial charge in [0.05, 0.1) is 5.56 Å². The van der Waals surface area contributed by atoms with Crippen molar-refractivity contribution in [1.82, 2.24) is 10.2 Å². The van der Waals surface area contributed by atoms with Crippen LogP contribution in [-0.2, 0) is 0 Å². The Bertz CT molecular complexity index is 473. The maximum atomic E-state index is 12.5. The van der Waals surface area contributed by atoms with Crippen molar-refractivity contribution in [2.45, 2.75) is 32.2 Å². The molecule has 2 N–H and O–H groups in total. The first-order valence-electron chi connectivity index (χ1n) is 7.13. The number of phenolic OH excluding ortho intramolecular Hbond substituents is 1. The lowest BCUT2D eigenvalue weighted by atomic mass is 10.0. The lowest BCUT2D eigenvalue weighted by Gasteiger charge is -2.30. The second-order valence-corrected chi connectivity index (χ2v) is 6.07. The summed E-state index contributed by atoms with van der Waals surface area (Å²) >= 11 is 3.34. The predicted octanol–water partition coefficient (Wildman–Crippen LogP) is 2.76. The molecule has 0 bridgehead atoms. The highest BCUT2D eigenvalue weighted by Gasteiger charge is 2.22. The van der Waals surface area contributed by atoms with E-state index in [1.807, 2.05) is 6.92 Å². The Morgan fingerprint density at radius 1 is 1.50 bits per heavy atom. The summed E-state index contributed by atoms with van der Waals surface area (Å²) in [6.07, 6.45) is 3.53. The van der Waals surface area contributed by atoms with Crippen LogP contribution in [-0.4, -0.2) is 41.6 Å². The highest BCUT2D eigenvalue weighted by Crippen LogP contribution is 2.23. The van der Waals surface area contributed by atoms with Gasteiger partial charge in [-0.25, -0.2) is 0 Å². The molecule has 1 aliphatic heterocycles. The minimum absolute atomic E-state index is 0.0354. The molecular weight excluding hydrogens is 320 g/mol. The van der Waals surface area contributed by atoms with Crippen LogP contribution in [0.4, 0.5) is 0 Å². The molecule has 4 nitrogen and oxygen atoms in total. The van der Waals surface area contributed by atoms with Crippen molar-refractivity contribution in [3.63, 3.8) is 0 Å². The van der Waals surface area contributed by atoms with Crippen molar-refractivity contribution in [3.05, 3.63) is 28.2 Å². The third-order valence-corrected chi connectivity index (χ3v) is 4.20. The Hall–Kier alpha value is -1.07. The zero-order valence-corrected chi connectivity index (χ0v) is 13.3. The van der Waals surface area contributed by atoms with Crippen LogP contribution in [0.25, 0.3) is 0 Å². The molecule has 1 fully saturated rings. The van der Waals surface area contributed by atoms with Crippen LogP contribution in [0.3, 0.4) is 0 Å². The minimum Gasteiger partial charge on any atom is -0.507 e. The van der Waals surface area contributed by atoms with Gasteiger partial charge >= 0.3 is 0 Å². The van der Waals surface area contributed by atoms with Gasteiger partial charge in [0.15, 0.2) is 0 Å². The average Bonchev–Trinajstić information content (AvgIpc) is 2.47. The van der Waals surface area contributed by atoms with Gasteiger partial charge in [0.1, 0.15) is 5.75 Å². The Kier molecular flexibility index (Phi) is 5.43. The molecule has 0 spiro atoms. The van der Waals surface area contributed by atoms with Gasteiger partial charge in [-0.05, 0) is 44.5 Å². The summed E-state index contributed by atoms with van der Waals surface area (Å²) in [5.41, 5.74) is 0.358. The van der Waals surface area contributed by atoms with Crippen molar-refractivity contribution in [1.29, 1.82) is 0 Å². The summed E-state index contributed by atoms with van der Waals surface area (Å²) < 4.78 is 0.797. The molecule has 5 heteroatoms. The molecule has 0 saturated carbocycles. The summed E-state index contributed by atoms with van der Waals surface area (Å²) in [6, 6.07) is 5.31. The van der Waals surface area contributed by atoms with Crippen molar-refractivity contribution in [3.8, 4) is 5.75 Å². The van der Waals surface area contributed by atoms with E-state index in [4.69, 9.17) is 0 Å². The zero-order valence-electron chi connectivity index (χ0n) is 11.7. The van der Waals surface area contributed by atoms with E-state index in [1.165, 1.54) is 12.8 Å². The fourth-order valence-corrected chi connectivity index (χ4v) is 2.91. The maximum Gasteiger partial charge on any atom is 0.257 e. The van der Waals surface area contributed by atoms with Crippen molar-refractivity contribution < 1.29 is 9.90 Å². The zero-order chi connectivity index (χ0) is 14.5. The number of hydrogen-bond donors (Lipinski definition) is 2. The molecule has 20 heavy (non-hydrogen) atoms. The smallest absolute Gasteiger partial charge is 0.257 e. The third kappa shape index (κ3) is 3.73. The second-order valence-electron chi connectivity index (χ2n) is 5.15. The van der Waals surface area contributed by atoms with E-state index in [0.717, 1.165) is 17.4 Å². The molecule has 1 saturated heterocycles. The number of phenols is 1. The first-order chi connectivity index (χ1) is 9.61. The molecule has 0 radical (unpaired) electrons. The van der Waals surface area contributed by atoms with E-state index >= 15 is 0 Å². The molecule has 1 atom stereocenters. The van der Waals surface area contributed by atoms with E-state index in [1.54, 1.807) is 23.1 Å². The fourth-order valence-electron chi connectivity index (χ4n) is 2.55. The lowest BCUT2D eigenvalue weighted by molar-refractivity contribution is 0.0738. The molecule has 2 rings (SSSR count). The number of benzene rings is 1. The largest absolute Gasteiger partial charge is 0.507 e. The highest BCUT2D eigenvalue weighted by molar-refractivity contribution is 9.10. The van der Waals surface area contributed by atoms with Crippen molar-refractivity contribution in [2.75, 3.05) is 19.6 Å². The van der Waals surface area contributed by atoms with Crippen LogP contribution in [0, 0.1) is 0 Å². The number of carbonyl (C=O) groups excluding carboxylic acids is 1. The maximum absolute atomic E-state index is 12.5. The summed E-state index contributed by atoms with van der Waals surface area (Å²) in [7, 11) is 0. The minimum atomic E-state index is -0.112. The number of likely N-dealkylation sites (N-methyl/N-ethyl adjacent to an activating group) is 1. The quantitative estimate of drug-likeness (QED) is 0.886. The van der Waals surface area contributed by atoms with Crippen LogP contribution in [0.2, 0.25) is 0 Å². The standard InChI is InChI=1S/C15H21BrN2O2/c1-2-18(10-12-5-3-4-8-17-12)15(20)13-9-11(16)6-7-14(13)19/h6-7,9,12,17,19H,2-5,8,10H2,1H3. The molecule has 1 amide bonds.